The van der Waals surface area contributed by atoms with Crippen LogP contribution in [0.5, 0.6) is 0 Å². The van der Waals surface area contributed by atoms with Crippen LogP contribution in [0.15, 0.2) is 24.3 Å². The number of hydrogen-bond donors (Lipinski definition) is 0. The molecule has 0 aromatic rings. The van der Waals surface area contributed by atoms with Crippen LogP contribution in [0.1, 0.15) is 12.8 Å². The highest BCUT2D eigenvalue weighted by molar-refractivity contribution is 5.31. The quantitative estimate of drug-likeness (QED) is 0.442. The molecule has 0 amide bonds. The summed E-state index contributed by atoms with van der Waals surface area (Å²) < 4.78 is 0. The van der Waals surface area contributed by atoms with E-state index in [1.54, 1.807) is 5.92 Å². The Labute approximate surface area is 49.9 Å². The number of fused-ring (bicyclic) bond motifs is 1. The Balaban J connectivity index is 2.17. The van der Waals surface area contributed by atoms with Crippen molar-refractivity contribution in [2.75, 3.05) is 0 Å². The van der Waals surface area contributed by atoms with Crippen LogP contribution in [0.2, 0.25) is 0 Å². The second-order valence-corrected chi connectivity index (χ2v) is 2.46. The lowest BCUT2D eigenvalue weighted by Gasteiger charge is -2.32. The Morgan fingerprint density at radius 1 is 1.38 bits per heavy atom. The van der Waals surface area contributed by atoms with Crippen molar-refractivity contribution in [2.24, 2.45) is 5.92 Å². The molecule has 1 unspecified atom stereocenters. The zero-order valence-electron chi connectivity index (χ0n) is 4.80. The van der Waals surface area contributed by atoms with Gasteiger partial charge in [0.15, 0.2) is 0 Å². The van der Waals surface area contributed by atoms with Crippen LogP contribution < -0.4 is 0 Å². The van der Waals surface area contributed by atoms with E-state index in [-0.39, 0.29) is 0 Å². The molecule has 0 N–H and O–H groups in total. The molecule has 1 fully saturated rings. The van der Waals surface area contributed by atoms with Gasteiger partial charge in [0.1, 0.15) is 0 Å². The standard InChI is InChI=1S/C8H9/c1-2-4-8-6-5-7(8)3-1/h1-4,7H,5-6H2. The molecule has 0 aromatic heterocycles. The van der Waals surface area contributed by atoms with E-state index in [9.17, 15) is 0 Å². The predicted octanol–water partition coefficient (Wildman–Crippen LogP) is 2.10. The minimum atomic E-state index is 0.833. The van der Waals surface area contributed by atoms with Crippen LogP contribution in [0.25, 0.3) is 0 Å². The van der Waals surface area contributed by atoms with Gasteiger partial charge in [-0.2, -0.15) is 0 Å². The molecule has 41 valence electrons. The van der Waals surface area contributed by atoms with E-state index in [0.717, 1.165) is 5.92 Å². The molecule has 0 aromatic carbocycles. The molecule has 1 atom stereocenters. The first-order valence-electron chi connectivity index (χ1n) is 3.17. The second-order valence-electron chi connectivity index (χ2n) is 2.46. The normalized spacial score (nSPS) is 34.2. The minimum Gasteiger partial charge on any atom is -0.0805 e. The number of rotatable bonds is 0. The Morgan fingerprint density at radius 2 is 2.38 bits per heavy atom. The summed E-state index contributed by atoms with van der Waals surface area (Å²) in [5.41, 5.74) is 0. The van der Waals surface area contributed by atoms with Gasteiger partial charge in [-0.25, -0.2) is 0 Å². The van der Waals surface area contributed by atoms with E-state index in [4.69, 9.17) is 0 Å². The first kappa shape index (κ1) is 4.37. The van der Waals surface area contributed by atoms with Crippen LogP contribution in [-0.4, -0.2) is 0 Å². The zero-order chi connectivity index (χ0) is 5.40. The molecule has 2 aliphatic carbocycles. The van der Waals surface area contributed by atoms with Gasteiger partial charge >= 0.3 is 0 Å². The third kappa shape index (κ3) is 0.459. The van der Waals surface area contributed by atoms with Crippen LogP contribution in [0.4, 0.5) is 0 Å². The van der Waals surface area contributed by atoms with Crippen molar-refractivity contribution in [3.63, 3.8) is 0 Å². The van der Waals surface area contributed by atoms with Crippen molar-refractivity contribution in [2.45, 2.75) is 12.8 Å². The molecule has 0 bridgehead atoms. The van der Waals surface area contributed by atoms with Gasteiger partial charge in [0.2, 0.25) is 0 Å². The lowest BCUT2D eigenvalue weighted by molar-refractivity contribution is 0.463. The van der Waals surface area contributed by atoms with Gasteiger partial charge in [-0.3, -0.25) is 0 Å². The maximum absolute atomic E-state index is 2.29. The average molecular weight is 105 g/mol. The molecule has 0 heterocycles. The summed E-state index contributed by atoms with van der Waals surface area (Å²) in [5.74, 6) is 2.47. The van der Waals surface area contributed by atoms with Crippen molar-refractivity contribution >= 4 is 0 Å². The van der Waals surface area contributed by atoms with Crippen molar-refractivity contribution in [1.29, 1.82) is 0 Å². The third-order valence-corrected chi connectivity index (χ3v) is 1.99. The molecular weight excluding hydrogens is 96.1 g/mol. The summed E-state index contributed by atoms with van der Waals surface area (Å²) >= 11 is 0. The topological polar surface area (TPSA) is 0 Å². The molecule has 0 nitrogen and oxygen atoms in total. The van der Waals surface area contributed by atoms with Crippen LogP contribution >= 0.6 is 0 Å². The lowest BCUT2D eigenvalue weighted by atomic mass is 9.72. The van der Waals surface area contributed by atoms with E-state index in [1.165, 1.54) is 12.8 Å². The second kappa shape index (κ2) is 1.48. The van der Waals surface area contributed by atoms with E-state index >= 15 is 0 Å². The average Bonchev–Trinajstić information content (AvgIpc) is 1.72. The van der Waals surface area contributed by atoms with Crippen LogP contribution in [0.3, 0.4) is 0 Å². The Hall–Kier alpha value is -0.520. The minimum absolute atomic E-state index is 0.833. The van der Waals surface area contributed by atoms with Gasteiger partial charge in [0.05, 0.1) is 0 Å². The summed E-state index contributed by atoms with van der Waals surface area (Å²) in [6.45, 7) is 0. The summed E-state index contributed by atoms with van der Waals surface area (Å²) in [5, 5.41) is 0. The van der Waals surface area contributed by atoms with Gasteiger partial charge in [-0.05, 0) is 18.8 Å². The highest BCUT2D eigenvalue weighted by Gasteiger charge is 2.27. The fourth-order valence-corrected chi connectivity index (χ4v) is 1.28. The Kier molecular flexibility index (Phi) is 0.806. The molecule has 0 heteroatoms. The maximum Gasteiger partial charge on any atom is 0.00445 e. The molecule has 1 saturated carbocycles. The maximum atomic E-state index is 2.29. The summed E-state index contributed by atoms with van der Waals surface area (Å²) in [7, 11) is 0. The molecule has 2 aliphatic rings. The van der Waals surface area contributed by atoms with Gasteiger partial charge in [0.25, 0.3) is 0 Å². The van der Waals surface area contributed by atoms with E-state index < -0.39 is 0 Å². The fraction of sp³-hybridized carbons (Fsp3) is 0.375. The van der Waals surface area contributed by atoms with Crippen LogP contribution in [0, 0.1) is 11.8 Å². The van der Waals surface area contributed by atoms with E-state index in [1.807, 2.05) is 0 Å². The first-order chi connectivity index (χ1) is 3.97. The monoisotopic (exact) mass is 105 g/mol. The highest BCUT2D eigenvalue weighted by atomic mass is 14.3. The molecule has 0 spiro atoms. The molecular formula is C8H9. The van der Waals surface area contributed by atoms with Crippen molar-refractivity contribution in [3.8, 4) is 0 Å². The van der Waals surface area contributed by atoms with Crippen molar-refractivity contribution in [3.05, 3.63) is 30.2 Å². The summed E-state index contributed by atoms with van der Waals surface area (Å²) in [6.07, 6.45) is 11.5. The zero-order valence-corrected chi connectivity index (χ0v) is 4.80. The molecule has 8 heavy (non-hydrogen) atoms. The smallest absolute Gasteiger partial charge is 0.00445 e. The molecule has 0 aliphatic heterocycles. The first-order valence-corrected chi connectivity index (χ1v) is 3.17. The fourth-order valence-electron chi connectivity index (χ4n) is 1.28. The SMILES string of the molecule is C1=C[C]2CCC2C=C1. The van der Waals surface area contributed by atoms with Gasteiger partial charge in [-0.1, -0.05) is 24.3 Å². The molecule has 1 radical (unpaired) electrons. The van der Waals surface area contributed by atoms with Gasteiger partial charge in [0, 0.05) is 5.92 Å². The van der Waals surface area contributed by atoms with E-state index in [2.05, 4.69) is 24.3 Å². The largest absolute Gasteiger partial charge is 0.0805 e. The number of allylic oxidation sites excluding steroid dienone is 4. The molecule has 2 rings (SSSR count). The lowest BCUT2D eigenvalue weighted by Crippen LogP contribution is -2.20. The van der Waals surface area contributed by atoms with Crippen molar-refractivity contribution < 1.29 is 0 Å². The van der Waals surface area contributed by atoms with E-state index in [0.29, 0.717) is 0 Å². The summed E-state index contributed by atoms with van der Waals surface area (Å²) in [4.78, 5) is 0. The third-order valence-electron chi connectivity index (χ3n) is 1.99. The number of hydrogen-bond acceptors (Lipinski definition) is 0. The highest BCUT2D eigenvalue weighted by Crippen LogP contribution is 2.39. The van der Waals surface area contributed by atoms with Gasteiger partial charge in [-0.15, -0.1) is 0 Å². The Bertz CT molecular complexity index is 124. The Morgan fingerprint density at radius 3 is 2.75 bits per heavy atom. The van der Waals surface area contributed by atoms with Gasteiger partial charge < -0.3 is 0 Å². The predicted molar refractivity (Wildman–Crippen MR) is 34.2 cm³/mol. The summed E-state index contributed by atoms with van der Waals surface area (Å²) in [6, 6.07) is 0. The van der Waals surface area contributed by atoms with Crippen molar-refractivity contribution in [1.82, 2.24) is 0 Å². The molecule has 0 saturated heterocycles. The van der Waals surface area contributed by atoms with Crippen LogP contribution in [-0.2, 0) is 0 Å².